The minimum Gasteiger partial charge on any atom is -0.0642 e. The Morgan fingerprint density at radius 1 is 0.208 bits per heavy atom. The minimum absolute atomic E-state index is 0.244. The molecular weight excluding hydrogens is 865 g/mol. The molecule has 0 N–H and O–H groups in total. The maximum atomic E-state index is 2.58. The molecule has 72 heavy (non-hydrogen) atoms. The van der Waals surface area contributed by atoms with Crippen LogP contribution in [0, 0.1) is 0 Å². The normalized spacial score (nSPS) is 17.0. The monoisotopic (exact) mass is 920 g/mol. The van der Waals surface area contributed by atoms with Gasteiger partial charge in [0.25, 0.3) is 0 Å². The van der Waals surface area contributed by atoms with Crippen molar-refractivity contribution in [3.63, 3.8) is 0 Å². The summed E-state index contributed by atoms with van der Waals surface area (Å²) in [5, 5.41) is 0. The van der Waals surface area contributed by atoms with Crippen molar-refractivity contribution >= 4 is 0 Å². The minimum atomic E-state index is -0.455. The largest absolute Gasteiger partial charge is 0.0642 e. The Bertz CT molecular complexity index is 3630. The van der Waals surface area contributed by atoms with Gasteiger partial charge in [0.05, 0.1) is 0 Å². The van der Waals surface area contributed by atoms with E-state index in [4.69, 9.17) is 0 Å². The van der Waals surface area contributed by atoms with Crippen molar-refractivity contribution < 1.29 is 0 Å². The second-order valence-electron chi connectivity index (χ2n) is 22.2. The van der Waals surface area contributed by atoms with E-state index in [1.165, 1.54) is 111 Å². The summed E-state index contributed by atoms with van der Waals surface area (Å²) in [6, 6.07) is 94.8. The van der Waals surface area contributed by atoms with Crippen molar-refractivity contribution in [2.24, 2.45) is 0 Å². The third-order valence-electron chi connectivity index (χ3n) is 19.1. The van der Waals surface area contributed by atoms with Gasteiger partial charge in [-0.3, -0.25) is 0 Å². The Morgan fingerprint density at radius 2 is 0.375 bits per heavy atom. The van der Waals surface area contributed by atoms with Crippen LogP contribution in [0.15, 0.2) is 243 Å². The number of rotatable bonds is 9. The van der Waals surface area contributed by atoms with Gasteiger partial charge in [-0.1, -0.05) is 257 Å². The summed E-state index contributed by atoms with van der Waals surface area (Å²) >= 11 is 0. The first-order valence-corrected chi connectivity index (χ1v) is 26.4. The second-order valence-corrected chi connectivity index (χ2v) is 22.2. The lowest BCUT2D eigenvalue weighted by Crippen LogP contribution is -2.47. The standard InChI is InChI=1S/C72H56/c1-3-69(60-36-16-6-26-50(60)51-27-7-17-37-61(51)69)45-71(64-40-20-10-30-54(64)55-31-11-21-41-65(55)71)47-72(66-42-22-12-32-56(66)57-33-13-23-43-67(57)72)46-70(62-38-18-8-28-52(62)53-29-9-19-39-63(53)70)44-68(2)58-34-14-4-24-48(58)49-25-5-15-35-59(49)68/h4-43H,3,44-47H2,1-2H3. The van der Waals surface area contributed by atoms with Gasteiger partial charge in [-0.15, -0.1) is 0 Å². The third kappa shape index (κ3) is 5.32. The summed E-state index contributed by atoms with van der Waals surface area (Å²) in [6.45, 7) is 5.05. The van der Waals surface area contributed by atoms with Gasteiger partial charge in [0.1, 0.15) is 0 Å². The molecule has 0 radical (unpaired) electrons. The molecule has 0 spiro atoms. The zero-order chi connectivity index (χ0) is 47.9. The first kappa shape index (κ1) is 41.9. The van der Waals surface area contributed by atoms with Crippen LogP contribution >= 0.6 is 0 Å². The van der Waals surface area contributed by atoms with Gasteiger partial charge < -0.3 is 0 Å². The van der Waals surface area contributed by atoms with Gasteiger partial charge in [-0.05, 0) is 143 Å². The SMILES string of the molecule is CCC1(CC2(CC3(CC4(CC5(C)c6ccccc6-c6ccccc65)c5ccccc5-c5ccccc54)c4ccccc4-c4ccccc43)c3ccccc3-c3ccccc32)c2ccccc2-c2ccccc21. The molecule has 0 saturated heterocycles. The predicted octanol–water partition coefficient (Wildman–Crippen LogP) is 17.8. The molecule has 0 amide bonds. The highest BCUT2D eigenvalue weighted by Crippen LogP contribution is 2.70. The van der Waals surface area contributed by atoms with Crippen LogP contribution in [0.2, 0.25) is 0 Å². The van der Waals surface area contributed by atoms with Gasteiger partial charge in [0, 0.05) is 27.1 Å². The quantitative estimate of drug-likeness (QED) is 0.135. The van der Waals surface area contributed by atoms with Crippen LogP contribution in [0.5, 0.6) is 0 Å². The lowest BCUT2D eigenvalue weighted by Gasteiger charge is -2.51. The number of benzene rings is 10. The van der Waals surface area contributed by atoms with Crippen LogP contribution in [0.25, 0.3) is 55.6 Å². The summed E-state index contributed by atoms with van der Waals surface area (Å²) in [6.07, 6.45) is 4.68. The van der Waals surface area contributed by atoms with E-state index in [9.17, 15) is 0 Å². The molecule has 344 valence electrons. The number of hydrogen-bond donors (Lipinski definition) is 0. The van der Waals surface area contributed by atoms with E-state index >= 15 is 0 Å². The zero-order valence-electron chi connectivity index (χ0n) is 41.1. The Labute approximate surface area is 424 Å². The highest BCUT2D eigenvalue weighted by molar-refractivity contribution is 5.89. The van der Waals surface area contributed by atoms with Gasteiger partial charge in [0.15, 0.2) is 0 Å². The van der Waals surface area contributed by atoms with Gasteiger partial charge in [0.2, 0.25) is 0 Å². The third-order valence-corrected chi connectivity index (χ3v) is 19.1. The molecule has 0 aromatic heterocycles. The molecule has 10 aromatic carbocycles. The molecule has 0 heterocycles. The summed E-state index contributed by atoms with van der Waals surface area (Å²) in [7, 11) is 0. The van der Waals surface area contributed by atoms with Crippen LogP contribution < -0.4 is 0 Å². The fraction of sp³-hybridized carbons (Fsp3) is 0.167. The molecule has 0 atom stereocenters. The van der Waals surface area contributed by atoms with Crippen molar-refractivity contribution in [1.82, 2.24) is 0 Å². The van der Waals surface area contributed by atoms with E-state index in [-0.39, 0.29) is 10.8 Å². The van der Waals surface area contributed by atoms with Crippen molar-refractivity contribution in [2.75, 3.05) is 0 Å². The van der Waals surface area contributed by atoms with E-state index in [1.807, 2.05) is 0 Å². The smallest absolute Gasteiger partial charge is 0.0238 e. The molecule has 0 heteroatoms. The average Bonchev–Trinajstić information content (AvgIpc) is 4.14. The molecule has 0 nitrogen and oxygen atoms in total. The molecule has 10 aromatic rings. The number of fused-ring (bicyclic) bond motifs is 15. The molecule has 0 bridgehead atoms. The highest BCUT2D eigenvalue weighted by Gasteiger charge is 2.61. The maximum absolute atomic E-state index is 2.58. The zero-order valence-corrected chi connectivity index (χ0v) is 41.1. The van der Waals surface area contributed by atoms with Gasteiger partial charge in [-0.2, -0.15) is 0 Å². The van der Waals surface area contributed by atoms with Crippen LogP contribution in [-0.4, -0.2) is 0 Å². The predicted molar refractivity (Wildman–Crippen MR) is 298 cm³/mol. The lowest BCUT2D eigenvalue weighted by atomic mass is 9.51. The topological polar surface area (TPSA) is 0 Å². The van der Waals surface area contributed by atoms with Crippen molar-refractivity contribution in [2.45, 2.75) is 73.0 Å². The van der Waals surface area contributed by atoms with E-state index < -0.39 is 16.2 Å². The van der Waals surface area contributed by atoms with Crippen LogP contribution in [0.3, 0.4) is 0 Å². The van der Waals surface area contributed by atoms with Gasteiger partial charge in [-0.25, -0.2) is 0 Å². The Hall–Kier alpha value is -7.80. The molecule has 0 fully saturated rings. The van der Waals surface area contributed by atoms with E-state index in [0.717, 1.165) is 32.1 Å². The summed E-state index contributed by atoms with van der Waals surface area (Å²) in [5.74, 6) is 0. The lowest BCUT2D eigenvalue weighted by molar-refractivity contribution is 0.233. The fourth-order valence-corrected chi connectivity index (χ4v) is 16.6. The van der Waals surface area contributed by atoms with E-state index in [1.54, 1.807) is 0 Å². The molecule has 0 aliphatic heterocycles. The molecule has 5 aliphatic rings. The highest BCUT2D eigenvalue weighted by atomic mass is 14.6. The fourth-order valence-electron chi connectivity index (χ4n) is 16.6. The van der Waals surface area contributed by atoms with Crippen LogP contribution in [0.4, 0.5) is 0 Å². The molecular formula is C72H56. The van der Waals surface area contributed by atoms with E-state index in [0.29, 0.717) is 0 Å². The number of hydrogen-bond acceptors (Lipinski definition) is 0. The van der Waals surface area contributed by atoms with Crippen molar-refractivity contribution in [3.8, 4) is 55.6 Å². The van der Waals surface area contributed by atoms with Gasteiger partial charge >= 0.3 is 0 Å². The Kier molecular flexibility index (Phi) is 8.80. The van der Waals surface area contributed by atoms with Crippen LogP contribution in [0.1, 0.15) is 102 Å². The Balaban J connectivity index is 1.05. The first-order valence-electron chi connectivity index (χ1n) is 26.4. The van der Waals surface area contributed by atoms with E-state index in [2.05, 4.69) is 257 Å². The summed E-state index contributed by atoms with van der Waals surface area (Å²) in [5.41, 5.74) is 26.6. The Morgan fingerprint density at radius 3 is 0.611 bits per heavy atom. The van der Waals surface area contributed by atoms with Crippen LogP contribution in [-0.2, 0) is 27.1 Å². The average molecular weight is 921 g/mol. The molecule has 0 unspecified atom stereocenters. The molecule has 15 rings (SSSR count). The first-order chi connectivity index (χ1) is 35.4. The maximum Gasteiger partial charge on any atom is 0.0238 e. The van der Waals surface area contributed by atoms with Crippen molar-refractivity contribution in [1.29, 1.82) is 0 Å². The summed E-state index contributed by atoms with van der Waals surface area (Å²) < 4.78 is 0. The second kappa shape index (κ2) is 15.1. The molecule has 0 saturated carbocycles. The summed E-state index contributed by atoms with van der Waals surface area (Å²) in [4.78, 5) is 0. The molecule has 5 aliphatic carbocycles. The van der Waals surface area contributed by atoms with Crippen molar-refractivity contribution in [3.05, 3.63) is 298 Å².